The first-order chi connectivity index (χ1) is 12.0. The van der Waals surface area contributed by atoms with Crippen LogP contribution in [0, 0.1) is 15.9 Å². The number of hydrogen-bond donors (Lipinski definition) is 1. The van der Waals surface area contributed by atoms with E-state index in [1.165, 1.54) is 29.2 Å². The van der Waals surface area contributed by atoms with Gasteiger partial charge in [-0.05, 0) is 18.2 Å². The standard InChI is InChI=1S/C16H13BrFN3O4/c17-11-2-1-10(13(18)7-11)9-19-14-4-3-12(21(23)24)8-15(14)20-5-6-25-16(20)22/h1-4,7-8,19H,5-6,9H2. The van der Waals surface area contributed by atoms with E-state index in [9.17, 15) is 19.3 Å². The number of carbonyl (C=O) groups is 1. The van der Waals surface area contributed by atoms with Crippen LogP contribution in [0.15, 0.2) is 40.9 Å². The minimum Gasteiger partial charge on any atom is -0.447 e. The Morgan fingerprint density at radius 1 is 1.32 bits per heavy atom. The molecule has 0 saturated carbocycles. The Balaban J connectivity index is 1.89. The van der Waals surface area contributed by atoms with Crippen LogP contribution in [-0.2, 0) is 11.3 Å². The zero-order chi connectivity index (χ0) is 18.0. The van der Waals surface area contributed by atoms with E-state index in [2.05, 4.69) is 21.2 Å². The van der Waals surface area contributed by atoms with Gasteiger partial charge in [-0.15, -0.1) is 0 Å². The van der Waals surface area contributed by atoms with E-state index in [-0.39, 0.29) is 24.7 Å². The number of hydrogen-bond acceptors (Lipinski definition) is 5. The minimum atomic E-state index is -0.571. The number of halogens is 2. The fraction of sp³-hybridized carbons (Fsp3) is 0.188. The van der Waals surface area contributed by atoms with E-state index >= 15 is 0 Å². The van der Waals surface area contributed by atoms with Crippen molar-refractivity contribution < 1.29 is 18.8 Å². The maximum Gasteiger partial charge on any atom is 0.414 e. The van der Waals surface area contributed by atoms with Gasteiger partial charge in [0.15, 0.2) is 0 Å². The molecule has 0 atom stereocenters. The molecule has 7 nitrogen and oxygen atoms in total. The number of nitrogens with zero attached hydrogens (tertiary/aromatic N) is 2. The van der Waals surface area contributed by atoms with E-state index in [0.29, 0.717) is 28.0 Å². The van der Waals surface area contributed by atoms with Gasteiger partial charge in [0.25, 0.3) is 5.69 Å². The van der Waals surface area contributed by atoms with Crippen molar-refractivity contribution >= 4 is 39.1 Å². The number of benzene rings is 2. The Bertz CT molecular complexity index is 846. The zero-order valence-corrected chi connectivity index (χ0v) is 14.5. The van der Waals surface area contributed by atoms with Gasteiger partial charge in [-0.2, -0.15) is 0 Å². The third-order valence-electron chi connectivity index (χ3n) is 3.73. The van der Waals surface area contributed by atoms with Gasteiger partial charge in [0.1, 0.15) is 12.4 Å². The number of ether oxygens (including phenoxy) is 1. The third kappa shape index (κ3) is 3.71. The summed E-state index contributed by atoms with van der Waals surface area (Å²) in [5.74, 6) is -0.383. The van der Waals surface area contributed by atoms with Crippen LogP contribution in [0.2, 0.25) is 0 Å². The molecule has 3 rings (SSSR count). The lowest BCUT2D eigenvalue weighted by Gasteiger charge is -2.18. The number of nitro groups is 1. The summed E-state index contributed by atoms with van der Waals surface area (Å²) in [5.41, 5.74) is 1.09. The average Bonchev–Trinajstić information content (AvgIpc) is 3.00. The molecule has 0 aliphatic carbocycles. The lowest BCUT2D eigenvalue weighted by Crippen LogP contribution is -2.24. The van der Waals surface area contributed by atoms with Gasteiger partial charge in [-0.1, -0.05) is 22.0 Å². The van der Waals surface area contributed by atoms with Crippen LogP contribution in [0.5, 0.6) is 0 Å². The van der Waals surface area contributed by atoms with Crippen LogP contribution < -0.4 is 10.2 Å². The van der Waals surface area contributed by atoms with Gasteiger partial charge in [-0.25, -0.2) is 9.18 Å². The number of cyclic esters (lactones) is 1. The van der Waals surface area contributed by atoms with Gasteiger partial charge in [-0.3, -0.25) is 15.0 Å². The second kappa shape index (κ2) is 7.06. The first kappa shape index (κ1) is 17.2. The van der Waals surface area contributed by atoms with Gasteiger partial charge < -0.3 is 10.1 Å². The normalized spacial score (nSPS) is 13.7. The summed E-state index contributed by atoms with van der Waals surface area (Å²) >= 11 is 3.19. The average molecular weight is 410 g/mol. The molecule has 1 N–H and O–H groups in total. The zero-order valence-electron chi connectivity index (χ0n) is 12.9. The minimum absolute atomic E-state index is 0.143. The van der Waals surface area contributed by atoms with E-state index in [1.54, 1.807) is 12.1 Å². The van der Waals surface area contributed by atoms with Crippen molar-refractivity contribution in [2.45, 2.75) is 6.54 Å². The lowest BCUT2D eigenvalue weighted by atomic mass is 10.2. The summed E-state index contributed by atoms with van der Waals surface area (Å²) in [6.07, 6.45) is -0.571. The summed E-state index contributed by atoms with van der Waals surface area (Å²) in [5, 5.41) is 14.0. The Morgan fingerprint density at radius 2 is 2.12 bits per heavy atom. The smallest absolute Gasteiger partial charge is 0.414 e. The first-order valence-corrected chi connectivity index (χ1v) is 8.15. The molecule has 0 bridgehead atoms. The van der Waals surface area contributed by atoms with Gasteiger partial charge >= 0.3 is 6.09 Å². The van der Waals surface area contributed by atoms with Gasteiger partial charge in [0.05, 0.1) is 22.8 Å². The van der Waals surface area contributed by atoms with E-state index in [0.717, 1.165) is 0 Å². The van der Waals surface area contributed by atoms with Crippen LogP contribution >= 0.6 is 15.9 Å². The van der Waals surface area contributed by atoms with Gasteiger partial charge in [0.2, 0.25) is 0 Å². The Labute approximate surface area is 150 Å². The molecule has 1 fully saturated rings. The van der Waals surface area contributed by atoms with Crippen LogP contribution in [0.4, 0.5) is 26.2 Å². The Kier molecular flexibility index (Phi) is 4.84. The van der Waals surface area contributed by atoms with Crippen LogP contribution in [0.1, 0.15) is 5.56 Å². The van der Waals surface area contributed by atoms with Crippen LogP contribution in [-0.4, -0.2) is 24.2 Å². The van der Waals surface area contributed by atoms with Crippen molar-refractivity contribution in [1.82, 2.24) is 0 Å². The molecule has 0 unspecified atom stereocenters. The van der Waals surface area contributed by atoms with Crippen molar-refractivity contribution in [2.75, 3.05) is 23.4 Å². The number of nitrogens with one attached hydrogen (secondary N) is 1. The molecule has 1 aliphatic heterocycles. The van der Waals surface area contributed by atoms with Crippen molar-refractivity contribution in [1.29, 1.82) is 0 Å². The largest absolute Gasteiger partial charge is 0.447 e. The molecule has 0 spiro atoms. The van der Waals surface area contributed by atoms with Crippen LogP contribution in [0.25, 0.3) is 0 Å². The first-order valence-electron chi connectivity index (χ1n) is 7.36. The fourth-order valence-electron chi connectivity index (χ4n) is 2.47. The third-order valence-corrected chi connectivity index (χ3v) is 4.22. The number of nitro benzene ring substituents is 1. The predicted octanol–water partition coefficient (Wildman–Crippen LogP) is 4.07. The molecule has 1 amide bonds. The topological polar surface area (TPSA) is 84.7 Å². The molecular formula is C16H13BrFN3O4. The second-order valence-electron chi connectivity index (χ2n) is 5.31. The van der Waals surface area contributed by atoms with E-state index in [1.807, 2.05) is 0 Å². The SMILES string of the molecule is O=C1OCCN1c1cc([N+](=O)[O-])ccc1NCc1ccc(Br)cc1F. The quantitative estimate of drug-likeness (QED) is 0.594. The summed E-state index contributed by atoms with van der Waals surface area (Å²) in [7, 11) is 0. The maximum atomic E-state index is 13.9. The summed E-state index contributed by atoms with van der Waals surface area (Å²) < 4.78 is 19.5. The highest BCUT2D eigenvalue weighted by molar-refractivity contribution is 9.10. The molecule has 0 radical (unpaired) electrons. The highest BCUT2D eigenvalue weighted by Gasteiger charge is 2.27. The van der Waals surface area contributed by atoms with Crippen LogP contribution in [0.3, 0.4) is 0 Å². The Morgan fingerprint density at radius 3 is 2.76 bits per heavy atom. The molecule has 2 aromatic rings. The molecule has 1 aliphatic rings. The summed E-state index contributed by atoms with van der Waals surface area (Å²) in [6.45, 7) is 0.663. The summed E-state index contributed by atoms with van der Waals surface area (Å²) in [6, 6.07) is 8.82. The molecular weight excluding hydrogens is 397 g/mol. The number of rotatable bonds is 5. The van der Waals surface area contributed by atoms with Gasteiger partial charge in [0, 0.05) is 28.7 Å². The monoisotopic (exact) mass is 409 g/mol. The lowest BCUT2D eigenvalue weighted by molar-refractivity contribution is -0.384. The van der Waals surface area contributed by atoms with E-state index in [4.69, 9.17) is 4.74 Å². The molecule has 1 saturated heterocycles. The second-order valence-corrected chi connectivity index (χ2v) is 6.23. The number of amides is 1. The number of anilines is 2. The van der Waals surface area contributed by atoms with E-state index < -0.39 is 11.0 Å². The number of carbonyl (C=O) groups excluding carboxylic acids is 1. The highest BCUT2D eigenvalue weighted by atomic mass is 79.9. The molecule has 2 aromatic carbocycles. The molecule has 9 heteroatoms. The number of non-ortho nitro benzene ring substituents is 1. The predicted molar refractivity (Wildman–Crippen MR) is 93.2 cm³/mol. The van der Waals surface area contributed by atoms with Crippen molar-refractivity contribution in [3.63, 3.8) is 0 Å². The van der Waals surface area contributed by atoms with Crippen molar-refractivity contribution in [2.24, 2.45) is 0 Å². The molecule has 25 heavy (non-hydrogen) atoms. The fourth-order valence-corrected chi connectivity index (χ4v) is 2.81. The maximum absolute atomic E-state index is 13.9. The highest BCUT2D eigenvalue weighted by Crippen LogP contribution is 2.32. The van der Waals surface area contributed by atoms with Crippen molar-refractivity contribution in [3.05, 3.63) is 62.4 Å². The Hall–Kier alpha value is -2.68. The summed E-state index contributed by atoms with van der Waals surface area (Å²) in [4.78, 5) is 23.6. The van der Waals surface area contributed by atoms with Crippen molar-refractivity contribution in [3.8, 4) is 0 Å². The molecule has 0 aromatic heterocycles. The molecule has 130 valence electrons. The molecule has 1 heterocycles.